The number of fused-ring (bicyclic) bond motifs is 1. The van der Waals surface area contributed by atoms with Gasteiger partial charge in [-0.05, 0) is 46.1 Å². The third kappa shape index (κ3) is 4.04. The van der Waals surface area contributed by atoms with Crippen LogP contribution in [0.25, 0.3) is 10.8 Å². The molecule has 0 aliphatic carbocycles. The fourth-order valence-electron chi connectivity index (χ4n) is 1.74. The molecule has 0 aliphatic heterocycles. The number of carbonyl (C=O) groups excluding carboxylic acids is 1. The molecule has 0 saturated carbocycles. The Labute approximate surface area is 132 Å². The third-order valence-electron chi connectivity index (χ3n) is 3.07. The minimum absolute atomic E-state index is 0.0720. The van der Waals surface area contributed by atoms with E-state index in [9.17, 15) is 4.79 Å². The van der Waals surface area contributed by atoms with Crippen molar-refractivity contribution < 1.29 is 9.53 Å². The maximum Gasteiger partial charge on any atom is 0.277 e. The average Bonchev–Trinajstić information content (AvgIpc) is 2.52. The summed E-state index contributed by atoms with van der Waals surface area (Å²) in [6.45, 7) is 3.77. The van der Waals surface area contributed by atoms with Gasteiger partial charge in [0.25, 0.3) is 5.91 Å². The van der Waals surface area contributed by atoms with Crippen molar-refractivity contribution in [3.63, 3.8) is 0 Å². The molecular formula is C16H17BrN2O2. The molecule has 0 fully saturated rings. The van der Waals surface area contributed by atoms with Crippen LogP contribution in [0, 0.1) is 0 Å². The second-order valence-corrected chi connectivity index (χ2v) is 5.42. The minimum atomic E-state index is -0.275. The molecule has 0 aromatic heterocycles. The van der Waals surface area contributed by atoms with Crippen LogP contribution in [0.5, 0.6) is 5.75 Å². The summed E-state index contributed by atoms with van der Waals surface area (Å²) in [6, 6.07) is 11.8. The number of rotatable bonds is 5. The summed E-state index contributed by atoms with van der Waals surface area (Å²) in [5.74, 6) is 0.364. The highest BCUT2D eigenvalue weighted by Gasteiger charge is 2.08. The van der Waals surface area contributed by atoms with Gasteiger partial charge in [-0.15, -0.1) is 0 Å². The van der Waals surface area contributed by atoms with Crippen LogP contribution >= 0.6 is 15.9 Å². The van der Waals surface area contributed by atoms with Crippen LogP contribution < -0.4 is 10.2 Å². The average molecular weight is 349 g/mol. The van der Waals surface area contributed by atoms with Crippen molar-refractivity contribution in [1.29, 1.82) is 0 Å². The van der Waals surface area contributed by atoms with Gasteiger partial charge in [0.1, 0.15) is 5.75 Å². The summed E-state index contributed by atoms with van der Waals surface area (Å²) in [4.78, 5) is 11.7. The highest BCUT2D eigenvalue weighted by Crippen LogP contribution is 2.32. The maximum absolute atomic E-state index is 11.7. The molecule has 0 spiro atoms. The van der Waals surface area contributed by atoms with E-state index in [1.807, 2.05) is 50.2 Å². The molecule has 0 atom stereocenters. The number of nitrogens with one attached hydrogen (secondary N) is 1. The first-order valence-corrected chi connectivity index (χ1v) is 7.53. The molecule has 0 heterocycles. The highest BCUT2D eigenvalue weighted by atomic mass is 79.9. The Morgan fingerprint density at radius 2 is 2.05 bits per heavy atom. The Bertz CT molecular complexity index is 683. The number of carbonyl (C=O) groups is 1. The van der Waals surface area contributed by atoms with Crippen LogP contribution in [0.15, 0.2) is 46.0 Å². The zero-order chi connectivity index (χ0) is 15.2. The summed E-state index contributed by atoms with van der Waals surface area (Å²) < 4.78 is 6.39. The predicted octanol–water partition coefficient (Wildman–Crippen LogP) is 3.88. The molecule has 0 aliphatic rings. The second-order valence-electron chi connectivity index (χ2n) is 4.62. The van der Waals surface area contributed by atoms with Crippen LogP contribution in [0.3, 0.4) is 0 Å². The molecule has 0 bridgehead atoms. The molecule has 1 amide bonds. The zero-order valence-electron chi connectivity index (χ0n) is 12.0. The van der Waals surface area contributed by atoms with Crippen LogP contribution in [0.1, 0.15) is 20.3 Å². The Kier molecular flexibility index (Phi) is 5.33. The normalized spacial score (nSPS) is 11.5. The van der Waals surface area contributed by atoms with Gasteiger partial charge in [-0.1, -0.05) is 37.3 Å². The quantitative estimate of drug-likeness (QED) is 0.658. The van der Waals surface area contributed by atoms with Crippen molar-refractivity contribution in [2.45, 2.75) is 20.3 Å². The molecule has 110 valence electrons. The molecule has 0 unspecified atom stereocenters. The van der Waals surface area contributed by atoms with Crippen LogP contribution in [0.2, 0.25) is 0 Å². The fourth-order valence-corrected chi connectivity index (χ4v) is 2.35. The monoisotopic (exact) mass is 348 g/mol. The fraction of sp³-hybridized carbons (Fsp3) is 0.250. The van der Waals surface area contributed by atoms with Gasteiger partial charge < -0.3 is 4.74 Å². The molecule has 0 saturated heterocycles. The number of ether oxygens (including phenoxy) is 1. The Morgan fingerprint density at radius 3 is 2.81 bits per heavy atom. The van der Waals surface area contributed by atoms with Crippen molar-refractivity contribution in [2.75, 3.05) is 6.61 Å². The summed E-state index contributed by atoms with van der Waals surface area (Å²) in [5.41, 5.74) is 3.34. The van der Waals surface area contributed by atoms with Gasteiger partial charge >= 0.3 is 0 Å². The summed E-state index contributed by atoms with van der Waals surface area (Å²) in [5, 5.41) is 6.12. The Morgan fingerprint density at radius 1 is 1.29 bits per heavy atom. The minimum Gasteiger partial charge on any atom is -0.483 e. The smallest absolute Gasteiger partial charge is 0.277 e. The van der Waals surface area contributed by atoms with Crippen molar-refractivity contribution >= 4 is 38.3 Å². The summed E-state index contributed by atoms with van der Waals surface area (Å²) >= 11 is 3.52. The van der Waals surface area contributed by atoms with Crippen LogP contribution in [0.4, 0.5) is 0 Å². The van der Waals surface area contributed by atoms with Crippen molar-refractivity contribution in [3.05, 3.63) is 40.9 Å². The molecule has 2 aromatic carbocycles. The van der Waals surface area contributed by atoms with E-state index in [1.165, 1.54) is 0 Å². The lowest BCUT2D eigenvalue weighted by Crippen LogP contribution is -2.25. The van der Waals surface area contributed by atoms with Gasteiger partial charge in [-0.3, -0.25) is 4.79 Å². The number of halogens is 1. The van der Waals surface area contributed by atoms with E-state index in [1.54, 1.807) is 0 Å². The lowest BCUT2D eigenvalue weighted by molar-refractivity contribution is -0.123. The number of hydrogen-bond donors (Lipinski definition) is 1. The standard InChI is InChI=1S/C16H17BrN2O2/c1-3-11(2)18-19-15(20)10-21-14-9-8-12-6-4-5-7-13(12)16(14)17/h4-9H,3,10H2,1-2H3,(H,19,20). The largest absolute Gasteiger partial charge is 0.483 e. The van der Waals surface area contributed by atoms with E-state index in [4.69, 9.17) is 4.74 Å². The summed E-state index contributed by atoms with van der Waals surface area (Å²) in [7, 11) is 0. The molecule has 0 radical (unpaired) electrons. The van der Waals surface area contributed by atoms with Crippen molar-refractivity contribution in [2.24, 2.45) is 5.10 Å². The first kappa shape index (κ1) is 15.5. The molecule has 2 rings (SSSR count). The van der Waals surface area contributed by atoms with Crippen LogP contribution in [-0.4, -0.2) is 18.2 Å². The van der Waals surface area contributed by atoms with Gasteiger partial charge in [0, 0.05) is 5.71 Å². The zero-order valence-corrected chi connectivity index (χ0v) is 13.6. The molecule has 2 aromatic rings. The molecule has 21 heavy (non-hydrogen) atoms. The van der Waals surface area contributed by atoms with Crippen LogP contribution in [-0.2, 0) is 4.79 Å². The molecule has 4 nitrogen and oxygen atoms in total. The van der Waals surface area contributed by atoms with E-state index in [-0.39, 0.29) is 12.5 Å². The van der Waals surface area contributed by atoms with Crippen molar-refractivity contribution in [1.82, 2.24) is 5.43 Å². The van der Waals surface area contributed by atoms with Gasteiger partial charge in [0.05, 0.1) is 4.47 Å². The third-order valence-corrected chi connectivity index (χ3v) is 3.89. The molecule has 1 N–H and O–H groups in total. The molecular weight excluding hydrogens is 332 g/mol. The molecule has 5 heteroatoms. The Hall–Kier alpha value is -1.88. The first-order chi connectivity index (χ1) is 10.1. The second kappa shape index (κ2) is 7.22. The first-order valence-electron chi connectivity index (χ1n) is 6.74. The summed E-state index contributed by atoms with van der Waals surface area (Å²) in [6.07, 6.45) is 0.803. The number of nitrogens with zero attached hydrogens (tertiary/aromatic N) is 1. The lowest BCUT2D eigenvalue weighted by Gasteiger charge is -2.09. The lowest BCUT2D eigenvalue weighted by atomic mass is 10.1. The Balaban J connectivity index is 2.04. The number of amides is 1. The predicted molar refractivity (Wildman–Crippen MR) is 88.7 cm³/mol. The van der Waals surface area contributed by atoms with E-state index in [0.29, 0.717) is 5.75 Å². The van der Waals surface area contributed by atoms with E-state index in [2.05, 4.69) is 26.5 Å². The SMILES string of the molecule is CCC(C)=NNC(=O)COc1ccc2ccccc2c1Br. The van der Waals surface area contributed by atoms with Gasteiger partial charge in [-0.25, -0.2) is 5.43 Å². The van der Waals surface area contributed by atoms with E-state index >= 15 is 0 Å². The number of hydrogen-bond acceptors (Lipinski definition) is 3. The van der Waals surface area contributed by atoms with Crippen molar-refractivity contribution in [3.8, 4) is 5.75 Å². The van der Waals surface area contributed by atoms with Gasteiger partial charge in [-0.2, -0.15) is 5.10 Å². The van der Waals surface area contributed by atoms with Gasteiger partial charge in [0.15, 0.2) is 6.61 Å². The number of hydrazone groups is 1. The topological polar surface area (TPSA) is 50.7 Å². The number of benzene rings is 2. The van der Waals surface area contributed by atoms with E-state index in [0.717, 1.165) is 27.4 Å². The highest BCUT2D eigenvalue weighted by molar-refractivity contribution is 9.10. The van der Waals surface area contributed by atoms with Gasteiger partial charge in [0.2, 0.25) is 0 Å². The maximum atomic E-state index is 11.7. The van der Waals surface area contributed by atoms with E-state index < -0.39 is 0 Å².